The highest BCUT2D eigenvalue weighted by molar-refractivity contribution is 7.91. The molecule has 1 aromatic heterocycles. The van der Waals surface area contributed by atoms with Crippen LogP contribution in [0.5, 0.6) is 0 Å². The first-order chi connectivity index (χ1) is 10.1. The second-order valence-electron chi connectivity index (χ2n) is 5.52. The Balaban J connectivity index is 1.89. The van der Waals surface area contributed by atoms with E-state index in [0.717, 1.165) is 30.6 Å². The molecule has 3 rings (SSSR count). The molecule has 2 aromatic rings. The highest BCUT2D eigenvalue weighted by atomic mass is 32.2. The van der Waals surface area contributed by atoms with Crippen molar-refractivity contribution in [1.82, 2.24) is 9.78 Å². The number of nitrogens with one attached hydrogen (secondary N) is 1. The second kappa shape index (κ2) is 5.52. The molecular weight excluding hydrogens is 286 g/mol. The molecule has 1 aliphatic carbocycles. The highest BCUT2D eigenvalue weighted by Gasteiger charge is 2.35. The molecule has 0 saturated heterocycles. The number of hydrogen-bond acceptors (Lipinski definition) is 4. The minimum atomic E-state index is -3.02. The summed E-state index contributed by atoms with van der Waals surface area (Å²) in [5.41, 5.74) is 1.85. The third-order valence-electron chi connectivity index (χ3n) is 4.00. The van der Waals surface area contributed by atoms with Crippen LogP contribution in [-0.2, 0) is 9.84 Å². The lowest BCUT2D eigenvalue weighted by molar-refractivity contribution is 0.579. The van der Waals surface area contributed by atoms with Gasteiger partial charge in [-0.05, 0) is 37.5 Å². The normalized spacial score (nSPS) is 22.3. The number of anilines is 1. The number of sulfone groups is 1. The molecule has 21 heavy (non-hydrogen) atoms. The molecule has 1 aromatic carbocycles. The van der Waals surface area contributed by atoms with Gasteiger partial charge >= 0.3 is 0 Å². The summed E-state index contributed by atoms with van der Waals surface area (Å²) in [5.74, 6) is 0. The van der Waals surface area contributed by atoms with Crippen molar-refractivity contribution in [3.05, 3.63) is 42.7 Å². The van der Waals surface area contributed by atoms with Crippen molar-refractivity contribution in [2.75, 3.05) is 11.6 Å². The van der Waals surface area contributed by atoms with Crippen molar-refractivity contribution in [3.8, 4) is 5.69 Å². The minimum Gasteiger partial charge on any atom is -0.379 e. The van der Waals surface area contributed by atoms with Crippen molar-refractivity contribution in [2.24, 2.45) is 0 Å². The van der Waals surface area contributed by atoms with Gasteiger partial charge in [0, 0.05) is 24.7 Å². The lowest BCUT2D eigenvalue weighted by atomic mass is 10.2. The maximum Gasteiger partial charge on any atom is 0.152 e. The molecule has 0 spiro atoms. The fourth-order valence-electron chi connectivity index (χ4n) is 3.01. The predicted octanol–water partition coefficient (Wildman–Crippen LogP) is 2.25. The van der Waals surface area contributed by atoms with Gasteiger partial charge in [0.1, 0.15) is 0 Å². The van der Waals surface area contributed by atoms with Crippen LogP contribution in [0.15, 0.2) is 42.7 Å². The molecule has 0 radical (unpaired) electrons. The summed E-state index contributed by atoms with van der Waals surface area (Å²) in [6.45, 7) is 0. The summed E-state index contributed by atoms with van der Waals surface area (Å²) in [4.78, 5) is 0. The van der Waals surface area contributed by atoms with Crippen LogP contribution in [0.25, 0.3) is 5.69 Å². The summed E-state index contributed by atoms with van der Waals surface area (Å²) in [7, 11) is -3.02. The van der Waals surface area contributed by atoms with Crippen LogP contribution >= 0.6 is 0 Å². The minimum absolute atomic E-state index is 0.0308. The molecule has 1 saturated carbocycles. The Kier molecular flexibility index (Phi) is 3.71. The van der Waals surface area contributed by atoms with Crippen LogP contribution in [0.3, 0.4) is 0 Å². The lowest BCUT2D eigenvalue weighted by Gasteiger charge is -2.22. The standard InChI is InChI=1S/C15H19N3O2S/c1-21(19,20)15-9-4-7-13(15)17-12-6-2-3-8-14(12)18-11-5-10-16-18/h2-3,5-6,8,10-11,13,15,17H,4,7,9H2,1H3. The largest absolute Gasteiger partial charge is 0.379 e. The van der Waals surface area contributed by atoms with E-state index in [1.165, 1.54) is 6.26 Å². The molecule has 6 heteroatoms. The first kappa shape index (κ1) is 14.1. The topological polar surface area (TPSA) is 64.0 Å². The molecular formula is C15H19N3O2S. The average Bonchev–Trinajstić information content (AvgIpc) is 3.09. The molecule has 1 fully saturated rings. The van der Waals surface area contributed by atoms with E-state index in [-0.39, 0.29) is 11.3 Å². The smallest absolute Gasteiger partial charge is 0.152 e. The summed E-state index contributed by atoms with van der Waals surface area (Å²) < 4.78 is 25.6. The fraction of sp³-hybridized carbons (Fsp3) is 0.400. The van der Waals surface area contributed by atoms with Crippen molar-refractivity contribution in [1.29, 1.82) is 0 Å². The summed E-state index contributed by atoms with van der Waals surface area (Å²) in [6.07, 6.45) is 7.50. The predicted molar refractivity (Wildman–Crippen MR) is 83.5 cm³/mol. The maximum absolute atomic E-state index is 11.9. The Hall–Kier alpha value is -1.82. The quantitative estimate of drug-likeness (QED) is 0.941. The zero-order valence-corrected chi connectivity index (χ0v) is 12.8. The highest BCUT2D eigenvalue weighted by Crippen LogP contribution is 2.30. The molecule has 5 nitrogen and oxygen atoms in total. The number of aromatic nitrogens is 2. The molecule has 0 amide bonds. The summed E-state index contributed by atoms with van der Waals surface area (Å²) in [6, 6.07) is 9.67. The Morgan fingerprint density at radius 2 is 2.05 bits per heavy atom. The first-order valence-corrected chi connectivity index (χ1v) is 9.05. The van der Waals surface area contributed by atoms with Gasteiger partial charge in [0.05, 0.1) is 16.6 Å². The fourth-order valence-corrected chi connectivity index (χ4v) is 4.41. The summed E-state index contributed by atoms with van der Waals surface area (Å²) >= 11 is 0. The Morgan fingerprint density at radius 3 is 2.76 bits per heavy atom. The number of rotatable bonds is 4. The monoisotopic (exact) mass is 305 g/mol. The van der Waals surface area contributed by atoms with Crippen molar-refractivity contribution in [2.45, 2.75) is 30.6 Å². The van der Waals surface area contributed by atoms with E-state index in [9.17, 15) is 8.42 Å². The van der Waals surface area contributed by atoms with Gasteiger partial charge in [0.25, 0.3) is 0 Å². The van der Waals surface area contributed by atoms with E-state index in [0.29, 0.717) is 0 Å². The van der Waals surface area contributed by atoms with E-state index in [2.05, 4.69) is 10.4 Å². The van der Waals surface area contributed by atoms with Crippen LogP contribution in [0.4, 0.5) is 5.69 Å². The van der Waals surface area contributed by atoms with Crippen molar-refractivity contribution < 1.29 is 8.42 Å². The van der Waals surface area contributed by atoms with Crippen LogP contribution in [0.2, 0.25) is 0 Å². The Labute approximate surface area is 124 Å². The number of nitrogens with zero attached hydrogens (tertiary/aromatic N) is 2. The Bertz CT molecular complexity index is 710. The summed E-state index contributed by atoms with van der Waals surface area (Å²) in [5, 5.41) is 7.36. The van der Waals surface area contributed by atoms with Gasteiger partial charge in [0.15, 0.2) is 9.84 Å². The van der Waals surface area contributed by atoms with Crippen LogP contribution < -0.4 is 5.32 Å². The van der Waals surface area contributed by atoms with Gasteiger partial charge in [-0.15, -0.1) is 0 Å². The first-order valence-electron chi connectivity index (χ1n) is 7.10. The van der Waals surface area contributed by atoms with Gasteiger partial charge in [-0.2, -0.15) is 5.10 Å². The number of benzene rings is 1. The van der Waals surface area contributed by atoms with Gasteiger partial charge in [-0.1, -0.05) is 12.1 Å². The number of para-hydroxylation sites is 2. The molecule has 1 heterocycles. The SMILES string of the molecule is CS(=O)(=O)C1CCCC1Nc1ccccc1-n1cccn1. The maximum atomic E-state index is 11.9. The van der Waals surface area contributed by atoms with E-state index >= 15 is 0 Å². The Morgan fingerprint density at radius 1 is 1.24 bits per heavy atom. The van der Waals surface area contributed by atoms with Gasteiger partial charge in [-0.25, -0.2) is 13.1 Å². The molecule has 2 atom stereocenters. The van der Waals surface area contributed by atoms with Crippen LogP contribution in [-0.4, -0.2) is 35.7 Å². The second-order valence-corrected chi connectivity index (χ2v) is 7.78. The average molecular weight is 305 g/mol. The zero-order chi connectivity index (χ0) is 14.9. The van der Waals surface area contributed by atoms with Crippen LogP contribution in [0.1, 0.15) is 19.3 Å². The van der Waals surface area contributed by atoms with Crippen molar-refractivity contribution in [3.63, 3.8) is 0 Å². The van der Waals surface area contributed by atoms with E-state index < -0.39 is 9.84 Å². The molecule has 0 aliphatic heterocycles. The van der Waals surface area contributed by atoms with E-state index in [1.807, 2.05) is 36.5 Å². The lowest BCUT2D eigenvalue weighted by Crippen LogP contribution is -2.34. The molecule has 112 valence electrons. The zero-order valence-electron chi connectivity index (χ0n) is 11.9. The van der Waals surface area contributed by atoms with E-state index in [1.54, 1.807) is 10.9 Å². The van der Waals surface area contributed by atoms with E-state index in [4.69, 9.17) is 0 Å². The molecule has 2 unspecified atom stereocenters. The van der Waals surface area contributed by atoms with Crippen molar-refractivity contribution >= 4 is 15.5 Å². The third kappa shape index (κ3) is 2.95. The van der Waals surface area contributed by atoms with Gasteiger partial charge < -0.3 is 5.32 Å². The van der Waals surface area contributed by atoms with Crippen LogP contribution in [0, 0.1) is 0 Å². The molecule has 0 bridgehead atoms. The molecule has 1 N–H and O–H groups in total. The third-order valence-corrected chi connectivity index (χ3v) is 5.66. The van der Waals surface area contributed by atoms with Gasteiger partial charge in [0.2, 0.25) is 0 Å². The molecule has 1 aliphatic rings. The van der Waals surface area contributed by atoms with Gasteiger partial charge in [-0.3, -0.25) is 0 Å². The number of hydrogen-bond donors (Lipinski definition) is 1.